The fourth-order valence-corrected chi connectivity index (χ4v) is 5.71. The van der Waals surface area contributed by atoms with Gasteiger partial charge in [0.15, 0.2) is 9.84 Å². The lowest BCUT2D eigenvalue weighted by molar-refractivity contribution is -0.137. The Hall–Kier alpha value is -2.59. The average Bonchev–Trinajstić information content (AvgIpc) is 2.86. The summed E-state index contributed by atoms with van der Waals surface area (Å²) in [4.78, 5) is 2.05. The maximum atomic E-state index is 13.4. The van der Waals surface area contributed by atoms with Gasteiger partial charge in [-0.1, -0.05) is 67.1 Å². The molecule has 2 atom stereocenters. The Balaban J connectivity index is 1.73. The number of halogens is 4. The van der Waals surface area contributed by atoms with Crippen LogP contribution in [0.5, 0.6) is 5.75 Å². The Morgan fingerprint density at radius 3 is 2.33 bits per heavy atom. The molecule has 3 aromatic carbocycles. The van der Waals surface area contributed by atoms with E-state index in [1.807, 2.05) is 35.2 Å². The molecule has 0 saturated heterocycles. The van der Waals surface area contributed by atoms with Crippen LogP contribution in [0.3, 0.4) is 0 Å². The summed E-state index contributed by atoms with van der Waals surface area (Å²) < 4.78 is 70.4. The van der Waals surface area contributed by atoms with Crippen molar-refractivity contribution >= 4 is 21.4 Å². The molecule has 2 unspecified atom stereocenters. The Morgan fingerprint density at radius 2 is 1.72 bits per heavy atom. The quantitative estimate of drug-likeness (QED) is 0.235. The van der Waals surface area contributed by atoms with Crippen molar-refractivity contribution in [1.82, 2.24) is 4.90 Å². The van der Waals surface area contributed by atoms with Gasteiger partial charge in [0.2, 0.25) is 0 Å². The lowest BCUT2D eigenvalue weighted by Crippen LogP contribution is -2.30. The summed E-state index contributed by atoms with van der Waals surface area (Å²) in [5.74, 6) is 0.465. The second kappa shape index (κ2) is 13.2. The van der Waals surface area contributed by atoms with E-state index >= 15 is 0 Å². The van der Waals surface area contributed by atoms with E-state index in [0.717, 1.165) is 17.9 Å². The number of hydrogen-bond acceptors (Lipinski definition) is 5. The molecule has 212 valence electrons. The topological polar surface area (TPSA) is 66.8 Å². The van der Waals surface area contributed by atoms with Gasteiger partial charge in [-0.2, -0.15) is 13.2 Å². The number of benzene rings is 3. The summed E-state index contributed by atoms with van der Waals surface area (Å²) in [6.07, 6.45) is -3.89. The first-order valence-electron chi connectivity index (χ1n) is 12.5. The molecule has 0 fully saturated rings. The number of hydrogen-bond donors (Lipinski definition) is 1. The van der Waals surface area contributed by atoms with Crippen molar-refractivity contribution in [2.24, 2.45) is 0 Å². The molecule has 5 nitrogen and oxygen atoms in total. The Labute approximate surface area is 233 Å². The van der Waals surface area contributed by atoms with E-state index in [2.05, 4.69) is 6.92 Å². The minimum Gasteiger partial charge on any atom is -0.494 e. The molecule has 0 radical (unpaired) electrons. The maximum Gasteiger partial charge on any atom is 0.417 e. The summed E-state index contributed by atoms with van der Waals surface area (Å²) in [6, 6.07) is 18.3. The summed E-state index contributed by atoms with van der Waals surface area (Å²) in [5.41, 5.74) is 0.937. The van der Waals surface area contributed by atoms with Gasteiger partial charge in [0.1, 0.15) is 5.75 Å². The van der Waals surface area contributed by atoms with Crippen molar-refractivity contribution in [1.29, 1.82) is 0 Å². The normalized spacial score (nSPS) is 13.9. The number of aliphatic hydroxyl groups is 1. The molecule has 0 amide bonds. The molecule has 0 aliphatic rings. The van der Waals surface area contributed by atoms with Crippen LogP contribution in [-0.4, -0.2) is 44.4 Å². The van der Waals surface area contributed by atoms with Gasteiger partial charge in [-0.05, 0) is 54.2 Å². The number of ether oxygens (including phenoxy) is 1. The molecule has 10 heteroatoms. The standard InChI is InChI=1S/C29H33ClF3NO4S/c1-20(22-9-5-4-6-10-22)18-34(19-23-11-7-12-26(28(23)30)29(31,32)33)15-8-16-38-24-13-14-25(21(2)35)27(17-24)39(3,36)37/h4-7,9-14,17,20-21,35H,8,15-16,18-19H2,1-3H3. The van der Waals surface area contributed by atoms with Crippen LogP contribution >= 0.6 is 11.6 Å². The predicted molar refractivity (Wildman–Crippen MR) is 147 cm³/mol. The zero-order chi connectivity index (χ0) is 28.8. The monoisotopic (exact) mass is 583 g/mol. The highest BCUT2D eigenvalue weighted by Gasteiger charge is 2.34. The first-order valence-corrected chi connectivity index (χ1v) is 14.8. The van der Waals surface area contributed by atoms with Crippen LogP contribution in [0.2, 0.25) is 5.02 Å². The third-order valence-electron chi connectivity index (χ3n) is 6.40. The molecule has 0 bridgehead atoms. The highest BCUT2D eigenvalue weighted by Crippen LogP contribution is 2.36. The fraction of sp³-hybridized carbons (Fsp3) is 0.379. The number of alkyl halides is 3. The second-order valence-electron chi connectivity index (χ2n) is 9.67. The Morgan fingerprint density at radius 1 is 1.03 bits per heavy atom. The van der Waals surface area contributed by atoms with Crippen molar-refractivity contribution in [3.8, 4) is 5.75 Å². The number of aliphatic hydroxyl groups excluding tert-OH is 1. The molecule has 0 spiro atoms. The van der Waals surface area contributed by atoms with Crippen molar-refractivity contribution < 1.29 is 31.4 Å². The zero-order valence-electron chi connectivity index (χ0n) is 22.1. The third-order valence-corrected chi connectivity index (χ3v) is 8.00. The minimum atomic E-state index is -4.54. The van der Waals surface area contributed by atoms with Gasteiger partial charge in [0.25, 0.3) is 0 Å². The highest BCUT2D eigenvalue weighted by atomic mass is 35.5. The minimum absolute atomic E-state index is 0.00695. The van der Waals surface area contributed by atoms with Gasteiger partial charge in [-0.3, -0.25) is 4.90 Å². The summed E-state index contributed by atoms with van der Waals surface area (Å²) >= 11 is 6.18. The van der Waals surface area contributed by atoms with E-state index in [9.17, 15) is 26.7 Å². The summed E-state index contributed by atoms with van der Waals surface area (Å²) in [5, 5.41) is 9.61. The number of nitrogens with zero attached hydrogens (tertiary/aromatic N) is 1. The van der Waals surface area contributed by atoms with E-state index in [1.165, 1.54) is 25.1 Å². The Bertz CT molecular complexity index is 1350. The molecule has 0 saturated carbocycles. The van der Waals surface area contributed by atoms with Gasteiger partial charge in [-0.15, -0.1) is 0 Å². The first-order chi connectivity index (χ1) is 18.3. The van der Waals surface area contributed by atoms with Crippen LogP contribution < -0.4 is 4.74 Å². The zero-order valence-corrected chi connectivity index (χ0v) is 23.7. The molecule has 0 heterocycles. The molecule has 1 N–H and O–H groups in total. The molecule has 3 aromatic rings. The van der Waals surface area contributed by atoms with Gasteiger partial charge in [0, 0.05) is 25.9 Å². The van der Waals surface area contributed by atoms with E-state index < -0.39 is 27.7 Å². The van der Waals surface area contributed by atoms with Crippen LogP contribution in [0, 0.1) is 0 Å². The Kier molecular flexibility index (Phi) is 10.5. The maximum absolute atomic E-state index is 13.4. The number of sulfone groups is 1. The first kappa shape index (κ1) is 30.9. The van der Waals surface area contributed by atoms with Crippen LogP contribution in [0.1, 0.15) is 54.5 Å². The van der Waals surface area contributed by atoms with Crippen LogP contribution in [0.25, 0.3) is 0 Å². The van der Waals surface area contributed by atoms with Crippen LogP contribution in [0.15, 0.2) is 71.6 Å². The summed E-state index contributed by atoms with van der Waals surface area (Å²) in [6.45, 7) is 5.12. The summed E-state index contributed by atoms with van der Waals surface area (Å²) in [7, 11) is -3.58. The largest absolute Gasteiger partial charge is 0.494 e. The molecule has 0 aliphatic carbocycles. The molecule has 0 aromatic heterocycles. The fourth-order valence-electron chi connectivity index (χ4n) is 4.42. The molecular weight excluding hydrogens is 551 g/mol. The van der Waals surface area contributed by atoms with Gasteiger partial charge < -0.3 is 9.84 Å². The van der Waals surface area contributed by atoms with Crippen LogP contribution in [0.4, 0.5) is 13.2 Å². The average molecular weight is 584 g/mol. The van der Waals surface area contributed by atoms with Gasteiger partial charge in [0.05, 0.1) is 28.2 Å². The van der Waals surface area contributed by atoms with E-state index in [-0.39, 0.29) is 29.0 Å². The van der Waals surface area contributed by atoms with Crippen molar-refractivity contribution in [3.05, 3.63) is 94.0 Å². The molecule has 0 aliphatic heterocycles. The predicted octanol–water partition coefficient (Wildman–Crippen LogP) is 6.89. The van der Waals surface area contributed by atoms with Crippen LogP contribution in [-0.2, 0) is 22.6 Å². The molecule has 3 rings (SSSR count). The van der Waals surface area contributed by atoms with Crippen molar-refractivity contribution in [2.45, 2.75) is 49.9 Å². The molecular formula is C29H33ClF3NO4S. The number of rotatable bonds is 12. The van der Waals surface area contributed by atoms with E-state index in [1.54, 1.807) is 12.1 Å². The SMILES string of the molecule is CC(O)c1ccc(OCCCN(Cc2cccc(C(F)(F)F)c2Cl)CC(C)c2ccccc2)cc1S(C)(=O)=O. The highest BCUT2D eigenvalue weighted by molar-refractivity contribution is 7.90. The lowest BCUT2D eigenvalue weighted by Gasteiger charge is -2.27. The smallest absolute Gasteiger partial charge is 0.417 e. The second-order valence-corrected chi connectivity index (χ2v) is 12.0. The van der Waals surface area contributed by atoms with Crippen molar-refractivity contribution in [2.75, 3.05) is 26.0 Å². The lowest BCUT2D eigenvalue weighted by atomic mass is 10.00. The van der Waals surface area contributed by atoms with Gasteiger partial charge >= 0.3 is 6.18 Å². The van der Waals surface area contributed by atoms with Gasteiger partial charge in [-0.25, -0.2) is 8.42 Å². The van der Waals surface area contributed by atoms with E-state index in [0.29, 0.717) is 36.4 Å². The molecule has 39 heavy (non-hydrogen) atoms. The van der Waals surface area contributed by atoms with E-state index in [4.69, 9.17) is 16.3 Å². The van der Waals surface area contributed by atoms with Crippen molar-refractivity contribution in [3.63, 3.8) is 0 Å². The third kappa shape index (κ3) is 8.70.